The first kappa shape index (κ1) is 16.2. The molecule has 1 unspecified atom stereocenters. The van der Waals surface area contributed by atoms with Crippen molar-refractivity contribution in [1.29, 1.82) is 0 Å². The molecular weight excluding hydrogens is 312 g/mol. The van der Waals surface area contributed by atoms with E-state index in [1.807, 2.05) is 12.1 Å². The molecule has 1 fully saturated rings. The summed E-state index contributed by atoms with van der Waals surface area (Å²) >= 11 is 0. The first-order valence-electron chi connectivity index (χ1n) is 8.99. The minimum atomic E-state index is 0.106. The molecule has 2 heterocycles. The zero-order chi connectivity index (χ0) is 17.2. The van der Waals surface area contributed by atoms with Gasteiger partial charge in [-0.2, -0.15) is 0 Å². The molecule has 2 aromatic carbocycles. The molecule has 1 saturated heterocycles. The smallest absolute Gasteiger partial charge is 0.139 e. The highest BCUT2D eigenvalue weighted by Crippen LogP contribution is 2.30. The lowest BCUT2D eigenvalue weighted by Gasteiger charge is -2.14. The summed E-state index contributed by atoms with van der Waals surface area (Å²) in [5.74, 6) is 1.95. The third-order valence-electron chi connectivity index (χ3n) is 4.96. The number of nitrogens with zero attached hydrogens (tertiary/aromatic N) is 2. The Morgan fingerprint density at radius 1 is 1.16 bits per heavy atom. The first-order chi connectivity index (χ1) is 12.2. The van der Waals surface area contributed by atoms with Crippen LogP contribution in [0.25, 0.3) is 11.0 Å². The molecule has 4 heteroatoms. The van der Waals surface area contributed by atoms with Crippen LogP contribution in [-0.2, 0) is 11.3 Å². The van der Waals surface area contributed by atoms with Gasteiger partial charge in [0.15, 0.2) is 0 Å². The second-order valence-corrected chi connectivity index (χ2v) is 6.71. The number of hydrogen-bond acceptors (Lipinski definition) is 3. The highest BCUT2D eigenvalue weighted by Gasteiger charge is 2.24. The number of aromatic nitrogens is 2. The highest BCUT2D eigenvalue weighted by molar-refractivity contribution is 5.76. The summed E-state index contributed by atoms with van der Waals surface area (Å²) in [4.78, 5) is 4.83. The SMILES string of the molecule is Cc1ccc(OCCn2c(C3CCCO3)nc3ccccc32)cc1C. The molecule has 0 bridgehead atoms. The van der Waals surface area contributed by atoms with Gasteiger partial charge in [-0.15, -0.1) is 0 Å². The van der Waals surface area contributed by atoms with Crippen LogP contribution in [0, 0.1) is 13.8 Å². The van der Waals surface area contributed by atoms with E-state index >= 15 is 0 Å². The van der Waals surface area contributed by atoms with Crippen molar-refractivity contribution in [2.75, 3.05) is 13.2 Å². The zero-order valence-corrected chi connectivity index (χ0v) is 14.9. The fraction of sp³-hybridized carbons (Fsp3) is 0.381. The van der Waals surface area contributed by atoms with Crippen LogP contribution in [0.3, 0.4) is 0 Å². The third-order valence-corrected chi connectivity index (χ3v) is 4.96. The predicted octanol–water partition coefficient (Wildman–Crippen LogP) is 4.58. The van der Waals surface area contributed by atoms with E-state index in [0.717, 1.165) is 48.6 Å². The predicted molar refractivity (Wildman–Crippen MR) is 99.1 cm³/mol. The average Bonchev–Trinajstić information content (AvgIpc) is 3.26. The molecule has 25 heavy (non-hydrogen) atoms. The Morgan fingerprint density at radius 3 is 2.84 bits per heavy atom. The maximum absolute atomic E-state index is 5.99. The van der Waals surface area contributed by atoms with E-state index in [9.17, 15) is 0 Å². The van der Waals surface area contributed by atoms with Gasteiger partial charge in [0.2, 0.25) is 0 Å². The molecule has 1 atom stereocenters. The van der Waals surface area contributed by atoms with Crippen molar-refractivity contribution in [1.82, 2.24) is 9.55 Å². The Labute approximate surface area is 148 Å². The molecule has 3 aromatic rings. The molecule has 0 N–H and O–H groups in total. The lowest BCUT2D eigenvalue weighted by atomic mass is 10.1. The number of fused-ring (bicyclic) bond motifs is 1. The van der Waals surface area contributed by atoms with Crippen LogP contribution in [0.1, 0.15) is 35.9 Å². The number of ether oxygens (including phenoxy) is 2. The highest BCUT2D eigenvalue weighted by atomic mass is 16.5. The maximum atomic E-state index is 5.99. The summed E-state index contributed by atoms with van der Waals surface area (Å²) in [6.07, 6.45) is 2.25. The summed E-state index contributed by atoms with van der Waals surface area (Å²) < 4.78 is 14.1. The molecule has 130 valence electrons. The van der Waals surface area contributed by atoms with E-state index in [0.29, 0.717) is 6.61 Å². The van der Waals surface area contributed by atoms with Crippen molar-refractivity contribution < 1.29 is 9.47 Å². The van der Waals surface area contributed by atoms with Gasteiger partial charge in [-0.05, 0) is 62.1 Å². The van der Waals surface area contributed by atoms with Crippen LogP contribution in [-0.4, -0.2) is 22.8 Å². The van der Waals surface area contributed by atoms with E-state index < -0.39 is 0 Å². The van der Waals surface area contributed by atoms with Gasteiger partial charge >= 0.3 is 0 Å². The number of benzene rings is 2. The Kier molecular flexibility index (Phi) is 4.45. The molecule has 4 rings (SSSR count). The zero-order valence-electron chi connectivity index (χ0n) is 14.9. The fourth-order valence-corrected chi connectivity index (χ4v) is 3.41. The molecule has 1 aliphatic rings. The van der Waals surface area contributed by atoms with E-state index in [1.165, 1.54) is 11.1 Å². The monoisotopic (exact) mass is 336 g/mol. The average molecular weight is 336 g/mol. The molecule has 1 aliphatic heterocycles. The van der Waals surface area contributed by atoms with Gasteiger partial charge in [0.05, 0.1) is 17.6 Å². The molecule has 0 saturated carbocycles. The fourth-order valence-electron chi connectivity index (χ4n) is 3.41. The molecular formula is C21H24N2O2. The second-order valence-electron chi connectivity index (χ2n) is 6.71. The van der Waals surface area contributed by atoms with Crippen molar-refractivity contribution in [2.45, 2.75) is 39.3 Å². The molecule has 4 nitrogen and oxygen atoms in total. The second kappa shape index (κ2) is 6.89. The number of aryl methyl sites for hydroxylation is 2. The van der Waals surface area contributed by atoms with Gasteiger partial charge in [0.25, 0.3) is 0 Å². The van der Waals surface area contributed by atoms with Crippen molar-refractivity contribution in [3.05, 3.63) is 59.4 Å². The molecule has 1 aromatic heterocycles. The molecule has 0 spiro atoms. The minimum Gasteiger partial charge on any atom is -0.492 e. The summed E-state index contributed by atoms with van der Waals surface area (Å²) in [5.41, 5.74) is 4.72. The number of para-hydroxylation sites is 2. The van der Waals surface area contributed by atoms with Crippen molar-refractivity contribution in [2.24, 2.45) is 0 Å². The number of imidazole rings is 1. The summed E-state index contributed by atoms with van der Waals surface area (Å²) in [6.45, 7) is 6.43. The van der Waals surface area contributed by atoms with Crippen molar-refractivity contribution in [3.8, 4) is 5.75 Å². The lowest BCUT2D eigenvalue weighted by Crippen LogP contribution is -2.13. The van der Waals surface area contributed by atoms with Gasteiger partial charge in [0.1, 0.15) is 24.3 Å². The molecule has 0 radical (unpaired) electrons. The van der Waals surface area contributed by atoms with Crippen LogP contribution in [0.15, 0.2) is 42.5 Å². The van der Waals surface area contributed by atoms with Gasteiger partial charge in [-0.3, -0.25) is 0 Å². The van der Waals surface area contributed by atoms with Gasteiger partial charge < -0.3 is 14.0 Å². The summed E-state index contributed by atoms with van der Waals surface area (Å²) in [7, 11) is 0. The lowest BCUT2D eigenvalue weighted by molar-refractivity contribution is 0.101. The van der Waals surface area contributed by atoms with E-state index in [-0.39, 0.29) is 6.10 Å². The Balaban J connectivity index is 1.55. The number of rotatable bonds is 5. The van der Waals surface area contributed by atoms with Crippen LogP contribution >= 0.6 is 0 Å². The minimum absolute atomic E-state index is 0.106. The van der Waals surface area contributed by atoms with E-state index in [2.05, 4.69) is 48.7 Å². The normalized spacial score (nSPS) is 17.3. The van der Waals surface area contributed by atoms with E-state index in [1.54, 1.807) is 0 Å². The van der Waals surface area contributed by atoms with Crippen LogP contribution < -0.4 is 4.74 Å². The summed E-state index contributed by atoms with van der Waals surface area (Å²) in [6, 6.07) is 14.5. The summed E-state index contributed by atoms with van der Waals surface area (Å²) in [5, 5.41) is 0. The maximum Gasteiger partial charge on any atom is 0.139 e. The van der Waals surface area contributed by atoms with Crippen LogP contribution in [0.2, 0.25) is 0 Å². The van der Waals surface area contributed by atoms with Crippen LogP contribution in [0.4, 0.5) is 0 Å². The Morgan fingerprint density at radius 2 is 2.04 bits per heavy atom. The topological polar surface area (TPSA) is 36.3 Å². The van der Waals surface area contributed by atoms with Crippen molar-refractivity contribution >= 4 is 11.0 Å². The third kappa shape index (κ3) is 3.27. The largest absolute Gasteiger partial charge is 0.492 e. The van der Waals surface area contributed by atoms with Gasteiger partial charge in [-0.25, -0.2) is 4.98 Å². The Hall–Kier alpha value is -2.33. The molecule has 0 amide bonds. The quantitative estimate of drug-likeness (QED) is 0.684. The number of hydrogen-bond donors (Lipinski definition) is 0. The standard InChI is InChI=1S/C21H24N2O2/c1-15-9-10-17(14-16(15)2)24-13-11-23-19-7-4-3-6-18(19)22-21(23)20-8-5-12-25-20/h3-4,6-7,9-10,14,20H,5,8,11-13H2,1-2H3. The van der Waals surface area contributed by atoms with Gasteiger partial charge in [0, 0.05) is 6.61 Å². The van der Waals surface area contributed by atoms with E-state index in [4.69, 9.17) is 14.5 Å². The van der Waals surface area contributed by atoms with Gasteiger partial charge in [-0.1, -0.05) is 18.2 Å². The Bertz CT molecular complexity index is 879. The van der Waals surface area contributed by atoms with Crippen LogP contribution in [0.5, 0.6) is 5.75 Å². The van der Waals surface area contributed by atoms with Crippen molar-refractivity contribution in [3.63, 3.8) is 0 Å². The first-order valence-corrected chi connectivity index (χ1v) is 8.99. The molecule has 0 aliphatic carbocycles.